The third kappa shape index (κ3) is 3.56. The zero-order valence-corrected chi connectivity index (χ0v) is 15.1. The number of non-ortho nitro benzene ring substituents is 1. The van der Waals surface area contributed by atoms with Crippen LogP contribution in [0, 0.1) is 10.1 Å². The molecule has 1 fully saturated rings. The predicted octanol–water partition coefficient (Wildman–Crippen LogP) is 3.09. The lowest BCUT2D eigenvalue weighted by atomic mass is 9.92. The summed E-state index contributed by atoms with van der Waals surface area (Å²) in [6.07, 6.45) is 0. The van der Waals surface area contributed by atoms with E-state index >= 15 is 0 Å². The number of nitrogens with one attached hydrogen (secondary N) is 1. The molecular weight excluding hydrogens is 374 g/mol. The highest BCUT2D eigenvalue weighted by atomic mass is 35.5. The Morgan fingerprint density at radius 3 is 2.48 bits per heavy atom. The molecule has 0 aromatic heterocycles. The van der Waals surface area contributed by atoms with Crippen LogP contribution in [-0.4, -0.2) is 34.9 Å². The monoisotopic (exact) mass is 389 g/mol. The van der Waals surface area contributed by atoms with E-state index < -0.39 is 22.4 Å². The van der Waals surface area contributed by atoms with Gasteiger partial charge >= 0.3 is 6.03 Å². The van der Waals surface area contributed by atoms with E-state index in [1.54, 1.807) is 31.2 Å². The highest BCUT2D eigenvalue weighted by Gasteiger charge is 2.48. The van der Waals surface area contributed by atoms with Gasteiger partial charge in [0.25, 0.3) is 11.6 Å². The lowest BCUT2D eigenvalue weighted by Gasteiger charge is -2.22. The van der Waals surface area contributed by atoms with Crippen molar-refractivity contribution < 1.29 is 19.2 Å². The van der Waals surface area contributed by atoms with Gasteiger partial charge in [-0.05, 0) is 36.8 Å². The number of nitro benzene ring substituents is 1. The van der Waals surface area contributed by atoms with Crippen molar-refractivity contribution in [2.24, 2.45) is 0 Å². The largest absolute Gasteiger partial charge is 0.490 e. The molecule has 0 unspecified atom stereocenters. The Labute approximate surface area is 159 Å². The zero-order valence-electron chi connectivity index (χ0n) is 14.3. The second-order valence-electron chi connectivity index (χ2n) is 6.09. The molecule has 1 saturated heterocycles. The molecule has 1 aliphatic heterocycles. The molecule has 3 amide bonds. The molecule has 0 spiro atoms. The summed E-state index contributed by atoms with van der Waals surface area (Å²) < 4.78 is 5.53. The summed E-state index contributed by atoms with van der Waals surface area (Å²) in [5, 5.41) is 13.9. The van der Waals surface area contributed by atoms with Crippen LogP contribution < -0.4 is 10.1 Å². The number of urea groups is 1. The molecule has 0 aliphatic carbocycles. The smallest absolute Gasteiger partial charge is 0.325 e. The van der Waals surface area contributed by atoms with Gasteiger partial charge in [-0.25, -0.2) is 4.79 Å². The molecule has 0 saturated carbocycles. The fourth-order valence-electron chi connectivity index (χ4n) is 2.82. The fraction of sp³-hybridized carbons (Fsp3) is 0.222. The molecule has 2 aromatic carbocycles. The molecule has 0 radical (unpaired) electrons. The number of carbonyl (C=O) groups is 2. The molecule has 0 bridgehead atoms. The topological polar surface area (TPSA) is 102 Å². The molecule has 1 atom stereocenters. The minimum absolute atomic E-state index is 0.0401. The van der Waals surface area contributed by atoms with Crippen LogP contribution in [0.4, 0.5) is 10.5 Å². The number of hydrogen-bond donors (Lipinski definition) is 1. The van der Waals surface area contributed by atoms with Crippen molar-refractivity contribution in [3.63, 3.8) is 0 Å². The van der Waals surface area contributed by atoms with Crippen LogP contribution in [0.2, 0.25) is 5.02 Å². The molecule has 27 heavy (non-hydrogen) atoms. The van der Waals surface area contributed by atoms with Crippen LogP contribution in [0.1, 0.15) is 12.5 Å². The molecule has 8 nitrogen and oxygen atoms in total. The minimum atomic E-state index is -1.30. The van der Waals surface area contributed by atoms with E-state index in [9.17, 15) is 19.7 Å². The Morgan fingerprint density at radius 2 is 1.85 bits per heavy atom. The number of para-hydroxylation sites is 1. The van der Waals surface area contributed by atoms with E-state index in [4.69, 9.17) is 16.3 Å². The number of nitrogens with zero attached hydrogens (tertiary/aromatic N) is 2. The first-order chi connectivity index (χ1) is 12.8. The van der Waals surface area contributed by atoms with Gasteiger partial charge in [-0.3, -0.25) is 19.8 Å². The lowest BCUT2D eigenvalue weighted by molar-refractivity contribution is -0.384. The number of carbonyl (C=O) groups excluding carboxylic acids is 2. The first kappa shape index (κ1) is 18.7. The second-order valence-corrected chi connectivity index (χ2v) is 6.50. The summed E-state index contributed by atoms with van der Waals surface area (Å²) in [7, 11) is 0. The second kappa shape index (κ2) is 7.24. The van der Waals surface area contributed by atoms with Gasteiger partial charge in [-0.1, -0.05) is 23.7 Å². The van der Waals surface area contributed by atoms with Gasteiger partial charge in [-0.2, -0.15) is 0 Å². The summed E-state index contributed by atoms with van der Waals surface area (Å²) in [4.78, 5) is 36.4. The Morgan fingerprint density at radius 1 is 1.19 bits per heavy atom. The van der Waals surface area contributed by atoms with Gasteiger partial charge in [-0.15, -0.1) is 0 Å². The molecule has 1 heterocycles. The average Bonchev–Trinajstić information content (AvgIpc) is 2.87. The summed E-state index contributed by atoms with van der Waals surface area (Å²) in [6.45, 7) is 1.68. The molecule has 9 heteroatoms. The average molecular weight is 390 g/mol. The third-order valence-corrected chi connectivity index (χ3v) is 4.65. The summed E-state index contributed by atoms with van der Waals surface area (Å²) in [6, 6.07) is 11.9. The highest BCUT2D eigenvalue weighted by molar-refractivity contribution is 6.32. The van der Waals surface area contributed by atoms with E-state index in [1.807, 2.05) is 0 Å². The molecule has 2 aromatic rings. The standard InChI is InChI=1S/C18H16ClN3O5/c1-18(12-6-8-13(9-7-12)22(25)26)16(23)21(17(24)20-18)10-11-27-15-5-3-2-4-14(15)19/h2-9H,10-11H2,1H3,(H,20,24)/t18-/m1/s1. The van der Waals surface area contributed by atoms with E-state index in [2.05, 4.69) is 5.32 Å². The number of nitro groups is 1. The Hall–Kier alpha value is -3.13. The highest BCUT2D eigenvalue weighted by Crippen LogP contribution is 2.30. The number of halogens is 1. The van der Waals surface area contributed by atoms with Crippen LogP contribution in [-0.2, 0) is 10.3 Å². The predicted molar refractivity (Wildman–Crippen MR) is 97.6 cm³/mol. The summed E-state index contributed by atoms with van der Waals surface area (Å²) >= 11 is 6.00. The summed E-state index contributed by atoms with van der Waals surface area (Å²) in [5.41, 5.74) is -0.929. The number of ether oxygens (including phenoxy) is 1. The normalized spacial score (nSPS) is 19.1. The minimum Gasteiger partial charge on any atom is -0.490 e. The van der Waals surface area contributed by atoms with Gasteiger partial charge in [0.15, 0.2) is 0 Å². The number of benzene rings is 2. The maximum absolute atomic E-state index is 12.8. The van der Waals surface area contributed by atoms with Crippen molar-refractivity contribution in [3.8, 4) is 5.75 Å². The number of hydrogen-bond acceptors (Lipinski definition) is 5. The fourth-order valence-corrected chi connectivity index (χ4v) is 3.01. The van der Waals surface area contributed by atoms with Crippen LogP contribution >= 0.6 is 11.6 Å². The molecule has 3 rings (SSSR count). The molecule has 1 aliphatic rings. The zero-order chi connectivity index (χ0) is 19.6. The van der Waals surface area contributed by atoms with Crippen molar-refractivity contribution in [1.82, 2.24) is 10.2 Å². The van der Waals surface area contributed by atoms with E-state index in [0.717, 1.165) is 4.90 Å². The number of amides is 3. The number of imide groups is 1. The lowest BCUT2D eigenvalue weighted by Crippen LogP contribution is -2.41. The van der Waals surface area contributed by atoms with Crippen molar-refractivity contribution >= 4 is 29.2 Å². The Balaban J connectivity index is 1.70. The quantitative estimate of drug-likeness (QED) is 0.464. The van der Waals surface area contributed by atoms with Crippen molar-refractivity contribution in [1.29, 1.82) is 0 Å². The third-order valence-electron chi connectivity index (χ3n) is 4.34. The molecule has 140 valence electrons. The first-order valence-electron chi connectivity index (χ1n) is 8.09. The Bertz CT molecular complexity index is 902. The first-order valence-corrected chi connectivity index (χ1v) is 8.47. The van der Waals surface area contributed by atoms with Gasteiger partial charge in [0, 0.05) is 12.1 Å². The van der Waals surface area contributed by atoms with E-state index in [-0.39, 0.29) is 18.8 Å². The Kier molecular flexibility index (Phi) is 5.00. The van der Waals surface area contributed by atoms with Gasteiger partial charge < -0.3 is 10.1 Å². The SMILES string of the molecule is C[C@]1(c2ccc([N+](=O)[O-])cc2)NC(=O)N(CCOc2ccccc2Cl)C1=O. The maximum atomic E-state index is 12.8. The van der Waals surface area contributed by atoms with Crippen LogP contribution in [0.3, 0.4) is 0 Å². The molecule has 1 N–H and O–H groups in total. The van der Waals surface area contributed by atoms with E-state index in [1.165, 1.54) is 24.3 Å². The maximum Gasteiger partial charge on any atom is 0.325 e. The number of rotatable bonds is 6. The van der Waals surface area contributed by atoms with Crippen molar-refractivity contribution in [3.05, 3.63) is 69.2 Å². The molecular formula is C18H16ClN3O5. The van der Waals surface area contributed by atoms with Crippen molar-refractivity contribution in [2.75, 3.05) is 13.2 Å². The van der Waals surface area contributed by atoms with Gasteiger partial charge in [0.05, 0.1) is 16.5 Å². The van der Waals surface area contributed by atoms with E-state index in [0.29, 0.717) is 16.3 Å². The van der Waals surface area contributed by atoms with Crippen LogP contribution in [0.15, 0.2) is 48.5 Å². The van der Waals surface area contributed by atoms with Gasteiger partial charge in [0.2, 0.25) is 0 Å². The van der Waals surface area contributed by atoms with Crippen LogP contribution in [0.5, 0.6) is 5.75 Å². The van der Waals surface area contributed by atoms with Crippen LogP contribution in [0.25, 0.3) is 0 Å². The summed E-state index contributed by atoms with van der Waals surface area (Å²) in [5.74, 6) is 0.00784. The van der Waals surface area contributed by atoms with Crippen molar-refractivity contribution in [2.45, 2.75) is 12.5 Å². The van der Waals surface area contributed by atoms with Gasteiger partial charge in [0.1, 0.15) is 17.9 Å².